The third kappa shape index (κ3) is 7.29. The second kappa shape index (κ2) is 9.43. The number of ether oxygens (including phenoxy) is 2. The minimum atomic E-state index is -0.0765. The van der Waals surface area contributed by atoms with E-state index < -0.39 is 0 Å². The van der Waals surface area contributed by atoms with E-state index in [0.717, 1.165) is 11.8 Å². The lowest BCUT2D eigenvalue weighted by atomic mass is 10.2. The van der Waals surface area contributed by atoms with Crippen LogP contribution < -0.4 is 5.32 Å². The summed E-state index contributed by atoms with van der Waals surface area (Å²) in [6.45, 7) is 3.10. The molecule has 0 saturated carbocycles. The van der Waals surface area contributed by atoms with Gasteiger partial charge >= 0.3 is 0 Å². The van der Waals surface area contributed by atoms with Gasteiger partial charge < -0.3 is 14.8 Å². The Hall–Kier alpha value is -0.130. The number of hydrogen-bond donors (Lipinski definition) is 1. The van der Waals surface area contributed by atoms with Gasteiger partial charge in [-0.2, -0.15) is 0 Å². The van der Waals surface area contributed by atoms with Crippen molar-refractivity contribution < 1.29 is 14.3 Å². The summed E-state index contributed by atoms with van der Waals surface area (Å²) in [6.07, 6.45) is 0.912. The molecule has 0 aromatic carbocycles. The Morgan fingerprint density at radius 3 is 2.71 bits per heavy atom. The molecule has 4 nitrogen and oxygen atoms in total. The monoisotopic (exact) mass is 267 g/mol. The summed E-state index contributed by atoms with van der Waals surface area (Å²) in [7, 11) is 1.60. The van der Waals surface area contributed by atoms with Crippen molar-refractivity contribution in [1.29, 1.82) is 0 Å². The Labute approximate surface area is 93.5 Å². The lowest BCUT2D eigenvalue weighted by Gasteiger charge is -2.13. The molecule has 1 N–H and O–H groups in total. The predicted molar refractivity (Wildman–Crippen MR) is 58.7 cm³/mol. The number of nitrogens with one attached hydrogen (secondary N) is 1. The number of halogens is 1. The zero-order valence-electron chi connectivity index (χ0n) is 8.72. The van der Waals surface area contributed by atoms with Crippen LogP contribution in [0.25, 0.3) is 0 Å². The topological polar surface area (TPSA) is 47.6 Å². The van der Waals surface area contributed by atoms with E-state index in [1.807, 2.05) is 6.92 Å². The highest BCUT2D eigenvalue weighted by Gasteiger charge is 2.08. The van der Waals surface area contributed by atoms with E-state index in [4.69, 9.17) is 9.47 Å². The maximum Gasteiger partial charge on any atom is 0.246 e. The van der Waals surface area contributed by atoms with Crippen LogP contribution >= 0.6 is 15.9 Å². The van der Waals surface area contributed by atoms with Gasteiger partial charge in [0.05, 0.1) is 13.2 Å². The predicted octanol–water partition coefficient (Wildman–Crippen LogP) is 0.939. The quantitative estimate of drug-likeness (QED) is 0.526. The van der Waals surface area contributed by atoms with Crippen LogP contribution in [0.2, 0.25) is 0 Å². The van der Waals surface area contributed by atoms with Crippen LogP contribution in [-0.2, 0) is 14.3 Å². The standard InChI is InChI=1S/C9H18BrNO3/c1-3-8(6-10)11-9(12)7-14-5-4-13-2/h8H,3-7H2,1-2H3,(H,11,12). The number of methoxy groups -OCH3 is 1. The van der Waals surface area contributed by atoms with E-state index in [9.17, 15) is 4.79 Å². The first-order chi connectivity index (χ1) is 6.74. The van der Waals surface area contributed by atoms with Crippen LogP contribution in [0.1, 0.15) is 13.3 Å². The van der Waals surface area contributed by atoms with Crippen molar-refractivity contribution in [3.05, 3.63) is 0 Å². The fraction of sp³-hybridized carbons (Fsp3) is 0.889. The number of carbonyl (C=O) groups is 1. The highest BCUT2D eigenvalue weighted by atomic mass is 79.9. The normalized spacial score (nSPS) is 12.5. The lowest BCUT2D eigenvalue weighted by molar-refractivity contribution is -0.126. The number of hydrogen-bond acceptors (Lipinski definition) is 3. The van der Waals surface area contributed by atoms with Gasteiger partial charge in [-0.1, -0.05) is 22.9 Å². The molecule has 0 aromatic rings. The first-order valence-corrected chi connectivity index (χ1v) is 5.78. The molecule has 14 heavy (non-hydrogen) atoms. The van der Waals surface area contributed by atoms with Gasteiger partial charge in [-0.05, 0) is 6.42 Å². The van der Waals surface area contributed by atoms with Crippen molar-refractivity contribution >= 4 is 21.8 Å². The van der Waals surface area contributed by atoms with Crippen LogP contribution in [-0.4, -0.2) is 44.2 Å². The summed E-state index contributed by atoms with van der Waals surface area (Å²) in [4.78, 5) is 11.2. The Kier molecular flexibility index (Phi) is 9.34. The summed E-state index contributed by atoms with van der Waals surface area (Å²) in [6, 6.07) is 0.188. The van der Waals surface area contributed by atoms with Gasteiger partial charge in [-0.15, -0.1) is 0 Å². The third-order valence-corrected chi connectivity index (χ3v) is 2.49. The number of carbonyl (C=O) groups excluding carboxylic acids is 1. The molecular weight excluding hydrogens is 250 g/mol. The highest BCUT2D eigenvalue weighted by molar-refractivity contribution is 9.09. The average molecular weight is 268 g/mol. The summed E-state index contributed by atoms with van der Waals surface area (Å²) in [5.74, 6) is -0.0765. The van der Waals surface area contributed by atoms with Crippen molar-refractivity contribution in [1.82, 2.24) is 5.32 Å². The summed E-state index contributed by atoms with van der Waals surface area (Å²) < 4.78 is 9.86. The fourth-order valence-corrected chi connectivity index (χ4v) is 1.45. The molecule has 0 heterocycles. The number of alkyl halides is 1. The lowest BCUT2D eigenvalue weighted by Crippen LogP contribution is -2.38. The highest BCUT2D eigenvalue weighted by Crippen LogP contribution is 1.95. The molecule has 1 amide bonds. The van der Waals surface area contributed by atoms with Gasteiger partial charge in [0, 0.05) is 18.5 Å². The first kappa shape index (κ1) is 13.9. The zero-order valence-corrected chi connectivity index (χ0v) is 10.3. The summed E-state index contributed by atoms with van der Waals surface area (Å²) >= 11 is 3.32. The van der Waals surface area contributed by atoms with E-state index >= 15 is 0 Å². The molecule has 0 aliphatic rings. The Balaban J connectivity index is 3.44. The largest absolute Gasteiger partial charge is 0.382 e. The van der Waals surface area contributed by atoms with Gasteiger partial charge in [0.15, 0.2) is 0 Å². The van der Waals surface area contributed by atoms with E-state index in [1.54, 1.807) is 7.11 Å². The zero-order chi connectivity index (χ0) is 10.8. The molecule has 0 aliphatic heterocycles. The molecule has 5 heteroatoms. The van der Waals surface area contributed by atoms with Crippen molar-refractivity contribution in [2.75, 3.05) is 32.3 Å². The maximum atomic E-state index is 11.2. The molecule has 0 aromatic heterocycles. The van der Waals surface area contributed by atoms with Gasteiger partial charge in [0.25, 0.3) is 0 Å². The van der Waals surface area contributed by atoms with E-state index in [1.165, 1.54) is 0 Å². The molecule has 84 valence electrons. The SMILES string of the molecule is CCC(CBr)NC(=O)COCCOC. The van der Waals surface area contributed by atoms with Crippen LogP contribution in [0, 0.1) is 0 Å². The Morgan fingerprint density at radius 1 is 1.50 bits per heavy atom. The molecule has 0 spiro atoms. The van der Waals surface area contributed by atoms with Crippen LogP contribution in [0.4, 0.5) is 0 Å². The van der Waals surface area contributed by atoms with E-state index in [0.29, 0.717) is 13.2 Å². The van der Waals surface area contributed by atoms with Gasteiger partial charge in [0.2, 0.25) is 5.91 Å². The summed E-state index contributed by atoms with van der Waals surface area (Å²) in [5.41, 5.74) is 0. The van der Waals surface area contributed by atoms with Gasteiger partial charge in [-0.25, -0.2) is 0 Å². The molecule has 1 atom stereocenters. The van der Waals surface area contributed by atoms with Gasteiger partial charge in [0.1, 0.15) is 6.61 Å². The van der Waals surface area contributed by atoms with Crippen molar-refractivity contribution in [2.45, 2.75) is 19.4 Å². The smallest absolute Gasteiger partial charge is 0.246 e. The molecule has 0 rings (SSSR count). The van der Waals surface area contributed by atoms with Crippen LogP contribution in [0.3, 0.4) is 0 Å². The molecule has 0 radical (unpaired) electrons. The molecule has 0 fully saturated rings. The second-order valence-electron chi connectivity index (χ2n) is 2.87. The molecular formula is C9H18BrNO3. The third-order valence-electron chi connectivity index (χ3n) is 1.71. The first-order valence-electron chi connectivity index (χ1n) is 4.66. The minimum absolute atomic E-state index is 0.0765. The van der Waals surface area contributed by atoms with Crippen molar-refractivity contribution in [3.63, 3.8) is 0 Å². The van der Waals surface area contributed by atoms with Gasteiger partial charge in [-0.3, -0.25) is 4.79 Å². The minimum Gasteiger partial charge on any atom is -0.382 e. The maximum absolute atomic E-state index is 11.2. The molecule has 1 unspecified atom stereocenters. The van der Waals surface area contributed by atoms with Crippen LogP contribution in [0.5, 0.6) is 0 Å². The molecule has 0 saturated heterocycles. The second-order valence-corrected chi connectivity index (χ2v) is 3.52. The van der Waals surface area contributed by atoms with Crippen LogP contribution in [0.15, 0.2) is 0 Å². The number of rotatable bonds is 8. The molecule has 0 aliphatic carbocycles. The fourth-order valence-electron chi connectivity index (χ4n) is 0.826. The Morgan fingerprint density at radius 2 is 2.21 bits per heavy atom. The van der Waals surface area contributed by atoms with Crippen molar-refractivity contribution in [3.8, 4) is 0 Å². The van der Waals surface area contributed by atoms with E-state index in [-0.39, 0.29) is 18.6 Å². The summed E-state index contributed by atoms with van der Waals surface area (Å²) in [5, 5.41) is 3.61. The average Bonchev–Trinajstić information content (AvgIpc) is 2.21. The molecule has 0 bridgehead atoms. The number of amides is 1. The van der Waals surface area contributed by atoms with Crippen molar-refractivity contribution in [2.24, 2.45) is 0 Å². The Bertz CT molecular complexity index is 151. The van der Waals surface area contributed by atoms with E-state index in [2.05, 4.69) is 21.2 Å².